The maximum Gasteiger partial charge on any atom is 0.305 e. The fourth-order valence-electron chi connectivity index (χ4n) is 3.24. The van der Waals surface area contributed by atoms with Gasteiger partial charge in [0.25, 0.3) is 5.91 Å². The molecule has 142 valence electrons. The van der Waals surface area contributed by atoms with E-state index in [-0.39, 0.29) is 24.8 Å². The van der Waals surface area contributed by atoms with Gasteiger partial charge in [0.1, 0.15) is 10.7 Å². The Hall–Kier alpha value is -2.65. The van der Waals surface area contributed by atoms with Crippen LogP contribution in [0.3, 0.4) is 0 Å². The normalized spacial score (nSPS) is 17.5. The third-order valence-electron chi connectivity index (χ3n) is 4.67. The smallest absolute Gasteiger partial charge is 0.305 e. The maximum absolute atomic E-state index is 12.7. The number of benzene rings is 1. The van der Waals surface area contributed by atoms with E-state index < -0.39 is 11.5 Å². The van der Waals surface area contributed by atoms with Crippen LogP contribution in [0, 0.1) is 0 Å². The molecule has 27 heavy (non-hydrogen) atoms. The highest BCUT2D eigenvalue weighted by molar-refractivity contribution is 7.13. The van der Waals surface area contributed by atoms with Gasteiger partial charge in [-0.05, 0) is 31.0 Å². The lowest BCUT2D eigenvalue weighted by Crippen LogP contribution is -2.53. The lowest BCUT2D eigenvalue weighted by molar-refractivity contribution is -0.139. The van der Waals surface area contributed by atoms with Gasteiger partial charge in [0.05, 0.1) is 12.0 Å². The summed E-state index contributed by atoms with van der Waals surface area (Å²) < 4.78 is 16.0. The zero-order chi connectivity index (χ0) is 18.9. The number of carboxylic acid groups (broad SMARTS) is 1. The highest BCUT2D eigenvalue weighted by Gasteiger charge is 2.37. The van der Waals surface area contributed by atoms with E-state index in [4.69, 9.17) is 14.2 Å². The first-order valence-corrected chi connectivity index (χ1v) is 9.40. The van der Waals surface area contributed by atoms with Crippen LogP contribution in [0.5, 0.6) is 11.5 Å². The largest absolute Gasteiger partial charge is 0.481 e. The number of hydrogen-bond donors (Lipinski definition) is 2. The van der Waals surface area contributed by atoms with Crippen LogP contribution in [0.4, 0.5) is 0 Å². The molecule has 0 bridgehead atoms. The van der Waals surface area contributed by atoms with Crippen LogP contribution >= 0.6 is 11.3 Å². The number of amides is 1. The van der Waals surface area contributed by atoms with Crippen molar-refractivity contribution in [3.05, 3.63) is 29.3 Å². The number of carbonyl (C=O) groups is 2. The molecule has 0 saturated carbocycles. The van der Waals surface area contributed by atoms with Crippen molar-refractivity contribution in [2.45, 2.75) is 24.8 Å². The molecule has 2 aromatic rings. The molecule has 2 N–H and O–H groups in total. The average molecular weight is 390 g/mol. The van der Waals surface area contributed by atoms with Gasteiger partial charge < -0.3 is 24.6 Å². The van der Waals surface area contributed by atoms with Crippen LogP contribution in [-0.4, -0.2) is 47.5 Å². The summed E-state index contributed by atoms with van der Waals surface area (Å²) in [5.74, 6) is 0.0117. The molecular formula is C18H18N2O6S. The first-order chi connectivity index (χ1) is 13.0. The molecule has 0 atom stereocenters. The number of hydrogen-bond acceptors (Lipinski definition) is 7. The van der Waals surface area contributed by atoms with Gasteiger partial charge in [-0.3, -0.25) is 9.59 Å². The molecular weight excluding hydrogens is 372 g/mol. The number of thiazole rings is 1. The number of nitrogens with zero attached hydrogens (tertiary/aromatic N) is 1. The third-order valence-corrected chi connectivity index (χ3v) is 5.57. The second-order valence-corrected chi connectivity index (χ2v) is 7.38. The van der Waals surface area contributed by atoms with Gasteiger partial charge in [-0.25, -0.2) is 4.98 Å². The first-order valence-electron chi connectivity index (χ1n) is 8.52. The number of fused-ring (bicyclic) bond motifs is 1. The van der Waals surface area contributed by atoms with E-state index in [2.05, 4.69) is 10.3 Å². The summed E-state index contributed by atoms with van der Waals surface area (Å²) in [7, 11) is 0. The Morgan fingerprint density at radius 2 is 2.00 bits per heavy atom. The predicted octanol–water partition coefficient (Wildman–Crippen LogP) is 2.29. The summed E-state index contributed by atoms with van der Waals surface area (Å²) >= 11 is 1.34. The molecule has 0 unspecified atom stereocenters. The number of rotatable bonds is 5. The molecule has 1 amide bonds. The number of carboxylic acids is 1. The molecule has 8 nitrogen and oxygen atoms in total. The molecule has 3 heterocycles. The quantitative estimate of drug-likeness (QED) is 0.807. The summed E-state index contributed by atoms with van der Waals surface area (Å²) in [5.41, 5.74) is 0.294. The van der Waals surface area contributed by atoms with Gasteiger partial charge in [-0.15, -0.1) is 11.3 Å². The van der Waals surface area contributed by atoms with Crippen molar-refractivity contribution in [1.82, 2.24) is 10.3 Å². The fraction of sp³-hybridized carbons (Fsp3) is 0.389. The van der Waals surface area contributed by atoms with Crippen LogP contribution in [-0.2, 0) is 9.53 Å². The molecule has 4 rings (SSSR count). The zero-order valence-corrected chi connectivity index (χ0v) is 15.2. The van der Waals surface area contributed by atoms with Crippen LogP contribution in [0.2, 0.25) is 0 Å². The highest BCUT2D eigenvalue weighted by atomic mass is 32.1. The number of ether oxygens (including phenoxy) is 3. The Morgan fingerprint density at radius 1 is 1.22 bits per heavy atom. The van der Waals surface area contributed by atoms with E-state index in [0.29, 0.717) is 42.6 Å². The number of aliphatic carboxylic acids is 1. The molecule has 1 fully saturated rings. The van der Waals surface area contributed by atoms with Gasteiger partial charge in [-0.2, -0.15) is 0 Å². The van der Waals surface area contributed by atoms with Gasteiger partial charge in [-0.1, -0.05) is 0 Å². The Labute approximate surface area is 159 Å². The summed E-state index contributed by atoms with van der Waals surface area (Å²) in [4.78, 5) is 28.3. The van der Waals surface area contributed by atoms with E-state index in [1.807, 2.05) is 18.2 Å². The van der Waals surface area contributed by atoms with E-state index >= 15 is 0 Å². The summed E-state index contributed by atoms with van der Waals surface area (Å²) in [6.45, 7) is 1.04. The van der Waals surface area contributed by atoms with E-state index in [1.54, 1.807) is 5.38 Å². The van der Waals surface area contributed by atoms with Crippen LogP contribution in [0.15, 0.2) is 23.6 Å². The third kappa shape index (κ3) is 3.74. The second-order valence-electron chi connectivity index (χ2n) is 6.52. The molecule has 1 saturated heterocycles. The Bertz CT molecular complexity index is 874. The topological polar surface area (TPSA) is 107 Å². The number of nitrogens with one attached hydrogen (secondary N) is 1. The van der Waals surface area contributed by atoms with Gasteiger partial charge in [0, 0.05) is 24.2 Å². The standard InChI is InChI=1S/C18H18N2O6S/c21-15(22)8-18(3-5-24-6-4-18)20-16(23)12-9-27-17(19-12)11-1-2-13-14(7-11)26-10-25-13/h1-2,7,9H,3-6,8,10H2,(H,20,23)(H,21,22). The maximum atomic E-state index is 12.7. The molecule has 2 aliphatic heterocycles. The minimum Gasteiger partial charge on any atom is -0.481 e. The zero-order valence-electron chi connectivity index (χ0n) is 14.4. The monoisotopic (exact) mass is 390 g/mol. The molecule has 0 spiro atoms. The first kappa shape index (κ1) is 17.7. The van der Waals surface area contributed by atoms with Crippen molar-refractivity contribution in [3.63, 3.8) is 0 Å². The van der Waals surface area contributed by atoms with Crippen LogP contribution in [0.1, 0.15) is 29.8 Å². The Morgan fingerprint density at radius 3 is 2.78 bits per heavy atom. The van der Waals surface area contributed by atoms with Gasteiger partial charge in [0.15, 0.2) is 11.5 Å². The molecule has 0 aliphatic carbocycles. The van der Waals surface area contributed by atoms with Crippen LogP contribution < -0.4 is 14.8 Å². The molecule has 2 aliphatic rings. The lowest BCUT2D eigenvalue weighted by atomic mass is 9.86. The summed E-state index contributed by atoms with van der Waals surface area (Å²) in [6, 6.07) is 5.49. The fourth-order valence-corrected chi connectivity index (χ4v) is 4.04. The summed E-state index contributed by atoms with van der Waals surface area (Å²) in [6.07, 6.45) is 0.787. The highest BCUT2D eigenvalue weighted by Crippen LogP contribution is 2.36. The van der Waals surface area contributed by atoms with Crippen molar-refractivity contribution in [2.24, 2.45) is 0 Å². The predicted molar refractivity (Wildman–Crippen MR) is 96.2 cm³/mol. The number of carbonyl (C=O) groups excluding carboxylic acids is 1. The lowest BCUT2D eigenvalue weighted by Gasteiger charge is -2.36. The second kappa shape index (κ2) is 7.16. The van der Waals surface area contributed by atoms with Gasteiger partial charge in [0.2, 0.25) is 6.79 Å². The minimum absolute atomic E-state index is 0.138. The van der Waals surface area contributed by atoms with E-state index in [0.717, 1.165) is 5.56 Å². The minimum atomic E-state index is -0.948. The number of aromatic nitrogens is 1. The Kier molecular flexibility index (Phi) is 4.71. The van der Waals surface area contributed by atoms with E-state index in [1.165, 1.54) is 11.3 Å². The van der Waals surface area contributed by atoms with Crippen molar-refractivity contribution >= 4 is 23.2 Å². The van der Waals surface area contributed by atoms with Gasteiger partial charge >= 0.3 is 5.97 Å². The van der Waals surface area contributed by atoms with E-state index in [9.17, 15) is 14.7 Å². The van der Waals surface area contributed by atoms with Crippen molar-refractivity contribution in [2.75, 3.05) is 20.0 Å². The molecule has 1 aromatic heterocycles. The van der Waals surface area contributed by atoms with Crippen molar-refractivity contribution < 1.29 is 28.9 Å². The molecule has 1 aromatic carbocycles. The molecule has 0 radical (unpaired) electrons. The Balaban J connectivity index is 1.52. The van der Waals surface area contributed by atoms with Crippen molar-refractivity contribution in [3.8, 4) is 22.1 Å². The summed E-state index contributed by atoms with van der Waals surface area (Å²) in [5, 5.41) is 14.5. The average Bonchev–Trinajstić information content (AvgIpc) is 3.30. The van der Waals surface area contributed by atoms with Crippen molar-refractivity contribution in [1.29, 1.82) is 0 Å². The van der Waals surface area contributed by atoms with Crippen LogP contribution in [0.25, 0.3) is 10.6 Å². The SMILES string of the molecule is O=C(O)CC1(NC(=O)c2csc(-c3ccc4c(c3)OCO4)n2)CCOCC1. The molecule has 9 heteroatoms.